The molecular weight excluding hydrogens is 272 g/mol. The number of aromatic nitrogens is 1. The van der Waals surface area contributed by atoms with Gasteiger partial charge in [0.05, 0.1) is 6.61 Å². The van der Waals surface area contributed by atoms with E-state index >= 15 is 0 Å². The smallest absolute Gasteiger partial charge is 0.358 e. The van der Waals surface area contributed by atoms with Gasteiger partial charge in [0, 0.05) is 11.4 Å². The second-order valence-electron chi connectivity index (χ2n) is 4.48. The molecule has 4 nitrogen and oxygen atoms in total. The molecule has 0 aliphatic carbocycles. The van der Waals surface area contributed by atoms with Gasteiger partial charge in [0.2, 0.25) is 0 Å². The molecule has 20 heavy (non-hydrogen) atoms. The monoisotopic (exact) mass is 290 g/mol. The Bertz CT molecular complexity index is 590. The standard InChI is InChI=1S/C15H18N2O2S/c1-4-19-14(18)13-11(3)20-15(17-13)16-9-12-7-5-10(2)6-8-12/h5-8H,4,9H2,1-3H3,(H,16,17). The van der Waals surface area contributed by atoms with Crippen LogP contribution in [0.25, 0.3) is 0 Å². The number of carbonyl (C=O) groups excluding carboxylic acids is 1. The molecule has 2 rings (SSSR count). The number of ether oxygens (including phenoxy) is 1. The number of hydrogen-bond acceptors (Lipinski definition) is 5. The Hall–Kier alpha value is -1.88. The molecule has 0 amide bonds. The Labute approximate surface area is 122 Å². The summed E-state index contributed by atoms with van der Waals surface area (Å²) in [5.41, 5.74) is 2.83. The largest absolute Gasteiger partial charge is 0.461 e. The first-order valence-corrected chi connectivity index (χ1v) is 7.35. The summed E-state index contributed by atoms with van der Waals surface area (Å²) in [7, 11) is 0. The molecular formula is C15H18N2O2S. The third-order valence-corrected chi connectivity index (χ3v) is 3.76. The lowest BCUT2D eigenvalue weighted by Crippen LogP contribution is -2.07. The highest BCUT2D eigenvalue weighted by Crippen LogP contribution is 2.23. The summed E-state index contributed by atoms with van der Waals surface area (Å²) in [6.07, 6.45) is 0. The first-order chi connectivity index (χ1) is 9.60. The third kappa shape index (κ3) is 3.57. The fraction of sp³-hybridized carbons (Fsp3) is 0.333. The quantitative estimate of drug-likeness (QED) is 0.856. The molecule has 0 atom stereocenters. The summed E-state index contributed by atoms with van der Waals surface area (Å²) in [4.78, 5) is 16.8. The molecule has 1 aromatic heterocycles. The van der Waals surface area contributed by atoms with Gasteiger partial charge in [-0.05, 0) is 26.3 Å². The minimum absolute atomic E-state index is 0.357. The number of anilines is 1. The molecule has 0 saturated heterocycles. The number of nitrogens with zero attached hydrogens (tertiary/aromatic N) is 1. The lowest BCUT2D eigenvalue weighted by Gasteiger charge is -2.03. The lowest BCUT2D eigenvalue weighted by molar-refractivity contribution is 0.0519. The summed E-state index contributed by atoms with van der Waals surface area (Å²) in [6.45, 7) is 6.78. The number of rotatable bonds is 5. The average molecular weight is 290 g/mol. The minimum Gasteiger partial charge on any atom is -0.461 e. The van der Waals surface area contributed by atoms with E-state index in [1.54, 1.807) is 6.92 Å². The Kier molecular flexibility index (Phi) is 4.74. The number of aryl methyl sites for hydroxylation is 2. The van der Waals surface area contributed by atoms with E-state index in [0.29, 0.717) is 18.8 Å². The zero-order valence-corrected chi connectivity index (χ0v) is 12.7. The number of esters is 1. The van der Waals surface area contributed by atoms with E-state index < -0.39 is 0 Å². The van der Waals surface area contributed by atoms with Gasteiger partial charge in [-0.25, -0.2) is 9.78 Å². The molecule has 0 unspecified atom stereocenters. The summed E-state index contributed by atoms with van der Waals surface area (Å²) in [5, 5.41) is 3.98. The van der Waals surface area contributed by atoms with Gasteiger partial charge in [-0.15, -0.1) is 11.3 Å². The van der Waals surface area contributed by atoms with Gasteiger partial charge in [-0.1, -0.05) is 29.8 Å². The number of hydrogen-bond donors (Lipinski definition) is 1. The van der Waals surface area contributed by atoms with E-state index in [1.165, 1.54) is 22.5 Å². The van der Waals surface area contributed by atoms with Crippen molar-refractivity contribution in [3.8, 4) is 0 Å². The number of carbonyl (C=O) groups is 1. The fourth-order valence-corrected chi connectivity index (χ4v) is 2.54. The van der Waals surface area contributed by atoms with Crippen LogP contribution in [0.15, 0.2) is 24.3 Å². The van der Waals surface area contributed by atoms with E-state index in [4.69, 9.17) is 4.74 Å². The van der Waals surface area contributed by atoms with Crippen LogP contribution in [0.5, 0.6) is 0 Å². The second kappa shape index (κ2) is 6.52. The van der Waals surface area contributed by atoms with E-state index in [1.807, 2.05) is 6.92 Å². The van der Waals surface area contributed by atoms with Crippen molar-refractivity contribution in [2.45, 2.75) is 27.3 Å². The molecule has 1 heterocycles. The van der Waals surface area contributed by atoms with Crippen molar-refractivity contribution in [1.29, 1.82) is 0 Å². The van der Waals surface area contributed by atoms with Gasteiger partial charge in [-0.3, -0.25) is 0 Å². The van der Waals surface area contributed by atoms with Gasteiger partial charge < -0.3 is 10.1 Å². The van der Waals surface area contributed by atoms with Crippen molar-refractivity contribution in [1.82, 2.24) is 4.98 Å². The van der Waals surface area contributed by atoms with Crippen molar-refractivity contribution in [2.75, 3.05) is 11.9 Å². The van der Waals surface area contributed by atoms with Crippen molar-refractivity contribution < 1.29 is 9.53 Å². The SMILES string of the molecule is CCOC(=O)c1nc(NCc2ccc(C)cc2)sc1C. The van der Waals surface area contributed by atoms with Gasteiger partial charge >= 0.3 is 5.97 Å². The van der Waals surface area contributed by atoms with Crippen LogP contribution >= 0.6 is 11.3 Å². The number of nitrogens with one attached hydrogen (secondary N) is 1. The first-order valence-electron chi connectivity index (χ1n) is 6.54. The van der Waals surface area contributed by atoms with E-state index in [-0.39, 0.29) is 5.97 Å². The van der Waals surface area contributed by atoms with Crippen LogP contribution in [0.2, 0.25) is 0 Å². The predicted octanol–water partition coefficient (Wildman–Crippen LogP) is 3.55. The van der Waals surface area contributed by atoms with Gasteiger partial charge in [0.1, 0.15) is 0 Å². The Morgan fingerprint density at radius 1 is 1.30 bits per heavy atom. The number of benzene rings is 1. The maximum atomic E-state index is 11.7. The van der Waals surface area contributed by atoms with Crippen molar-refractivity contribution in [2.24, 2.45) is 0 Å². The highest BCUT2D eigenvalue weighted by molar-refractivity contribution is 7.15. The minimum atomic E-state index is -0.357. The lowest BCUT2D eigenvalue weighted by atomic mass is 10.1. The summed E-state index contributed by atoms with van der Waals surface area (Å²) < 4.78 is 4.98. The van der Waals surface area contributed by atoms with Crippen LogP contribution in [0, 0.1) is 13.8 Å². The summed E-state index contributed by atoms with van der Waals surface area (Å²) in [6, 6.07) is 8.31. The predicted molar refractivity (Wildman–Crippen MR) is 81.3 cm³/mol. The summed E-state index contributed by atoms with van der Waals surface area (Å²) in [5.74, 6) is -0.357. The highest BCUT2D eigenvalue weighted by atomic mass is 32.1. The van der Waals surface area contributed by atoms with Gasteiger partial charge in [-0.2, -0.15) is 0 Å². The third-order valence-electron chi connectivity index (χ3n) is 2.83. The van der Waals surface area contributed by atoms with E-state index in [2.05, 4.69) is 41.5 Å². The molecule has 0 fully saturated rings. The van der Waals surface area contributed by atoms with Crippen LogP contribution in [-0.2, 0) is 11.3 Å². The fourth-order valence-electron chi connectivity index (χ4n) is 1.74. The molecule has 0 radical (unpaired) electrons. The molecule has 1 aromatic carbocycles. The van der Waals surface area contributed by atoms with Crippen molar-refractivity contribution >= 4 is 22.4 Å². The number of thiazole rings is 1. The molecule has 5 heteroatoms. The van der Waals surface area contributed by atoms with Gasteiger partial charge in [0.15, 0.2) is 10.8 Å². The molecule has 0 spiro atoms. The van der Waals surface area contributed by atoms with Crippen molar-refractivity contribution in [3.05, 3.63) is 46.0 Å². The molecule has 0 bridgehead atoms. The van der Waals surface area contributed by atoms with E-state index in [0.717, 1.165) is 10.0 Å². The van der Waals surface area contributed by atoms with Gasteiger partial charge in [0.25, 0.3) is 0 Å². The van der Waals surface area contributed by atoms with Crippen LogP contribution in [0.4, 0.5) is 5.13 Å². The first kappa shape index (κ1) is 14.5. The molecule has 2 aromatic rings. The zero-order chi connectivity index (χ0) is 14.5. The molecule has 0 aliphatic rings. The highest BCUT2D eigenvalue weighted by Gasteiger charge is 2.16. The van der Waals surface area contributed by atoms with Crippen LogP contribution < -0.4 is 5.32 Å². The van der Waals surface area contributed by atoms with E-state index in [9.17, 15) is 4.79 Å². The topological polar surface area (TPSA) is 51.2 Å². The molecule has 0 aliphatic heterocycles. The maximum Gasteiger partial charge on any atom is 0.358 e. The molecule has 106 valence electrons. The Morgan fingerprint density at radius 2 is 2.00 bits per heavy atom. The zero-order valence-electron chi connectivity index (χ0n) is 11.9. The van der Waals surface area contributed by atoms with Crippen LogP contribution in [0.1, 0.15) is 33.4 Å². The molecule has 1 N–H and O–H groups in total. The van der Waals surface area contributed by atoms with Crippen molar-refractivity contribution in [3.63, 3.8) is 0 Å². The summed E-state index contributed by atoms with van der Waals surface area (Å²) >= 11 is 1.47. The maximum absolute atomic E-state index is 11.7. The Morgan fingerprint density at radius 3 is 2.65 bits per heavy atom. The second-order valence-corrected chi connectivity index (χ2v) is 5.69. The normalized spacial score (nSPS) is 10.3. The molecule has 0 saturated carbocycles. The van der Waals surface area contributed by atoms with Crippen LogP contribution in [-0.4, -0.2) is 17.6 Å². The Balaban J connectivity index is 2.01. The van der Waals surface area contributed by atoms with Crippen LogP contribution in [0.3, 0.4) is 0 Å². The average Bonchev–Trinajstić information content (AvgIpc) is 2.80.